The number of hydrogen-bond donors (Lipinski definition) is 1. The second-order valence-corrected chi connectivity index (χ2v) is 15.5. The minimum Gasteiger partial charge on any atom is -0.409 e. The highest BCUT2D eigenvalue weighted by Gasteiger charge is 2.35. The predicted molar refractivity (Wildman–Crippen MR) is 222 cm³/mol. The number of nitrogens with one attached hydrogen (secondary N) is 1. The minimum atomic E-state index is -0.460. The first kappa shape index (κ1) is 37.3. The molecule has 1 atom stereocenters. The molecular formula is C46H47N7O5. The van der Waals surface area contributed by atoms with E-state index in [4.69, 9.17) is 9.47 Å². The van der Waals surface area contributed by atoms with Crippen molar-refractivity contribution in [1.82, 2.24) is 29.2 Å². The van der Waals surface area contributed by atoms with E-state index in [-0.39, 0.29) is 24.4 Å². The molecule has 0 aliphatic carbocycles. The molecule has 1 fully saturated rings. The van der Waals surface area contributed by atoms with Gasteiger partial charge in [-0.15, -0.1) is 0 Å². The minimum absolute atomic E-state index is 0.0618. The van der Waals surface area contributed by atoms with E-state index in [0.717, 1.165) is 70.8 Å². The number of pyridine rings is 1. The van der Waals surface area contributed by atoms with Crippen molar-refractivity contribution >= 4 is 34.6 Å². The van der Waals surface area contributed by atoms with Gasteiger partial charge in [0.25, 0.3) is 11.8 Å². The number of carbonyl (C=O) groups is 3. The lowest BCUT2D eigenvalue weighted by Crippen LogP contribution is -2.52. The van der Waals surface area contributed by atoms with Gasteiger partial charge in [0.05, 0.1) is 24.2 Å². The number of nitrogens with zero attached hydrogens (tertiary/aromatic N) is 6. The van der Waals surface area contributed by atoms with Crippen LogP contribution in [0.25, 0.3) is 22.3 Å². The van der Waals surface area contributed by atoms with E-state index in [1.54, 1.807) is 35.3 Å². The first-order chi connectivity index (χ1) is 28.2. The van der Waals surface area contributed by atoms with Crippen LogP contribution < -0.4 is 9.64 Å². The van der Waals surface area contributed by atoms with Gasteiger partial charge in [0, 0.05) is 106 Å². The Hall–Kier alpha value is -6.24. The molecule has 0 saturated carbocycles. The third-order valence-corrected chi connectivity index (χ3v) is 12.1. The van der Waals surface area contributed by atoms with Crippen LogP contribution in [0.2, 0.25) is 0 Å². The van der Waals surface area contributed by atoms with Crippen molar-refractivity contribution in [2.24, 2.45) is 7.05 Å². The van der Waals surface area contributed by atoms with Gasteiger partial charge in [0.1, 0.15) is 11.4 Å². The van der Waals surface area contributed by atoms with Crippen molar-refractivity contribution in [2.75, 3.05) is 51.3 Å². The van der Waals surface area contributed by atoms with E-state index >= 15 is 4.79 Å². The Bertz CT molecular complexity index is 2520. The van der Waals surface area contributed by atoms with Crippen LogP contribution in [-0.4, -0.2) is 99.6 Å². The van der Waals surface area contributed by atoms with Crippen LogP contribution in [0.5, 0.6) is 5.75 Å². The molecule has 12 nitrogen and oxygen atoms in total. The van der Waals surface area contributed by atoms with Gasteiger partial charge in [-0.2, -0.15) is 0 Å². The molecule has 0 bridgehead atoms. The summed E-state index contributed by atoms with van der Waals surface area (Å²) in [6, 6.07) is 27.5. The van der Waals surface area contributed by atoms with Crippen LogP contribution in [0.1, 0.15) is 48.7 Å². The normalized spacial score (nSPS) is 16.8. The molecule has 3 aromatic heterocycles. The molecule has 9 rings (SSSR count). The van der Waals surface area contributed by atoms with Crippen molar-refractivity contribution in [2.45, 2.75) is 38.9 Å². The van der Waals surface area contributed by atoms with Crippen LogP contribution in [0.15, 0.2) is 97.3 Å². The number of morpholine rings is 1. The monoisotopic (exact) mass is 777 g/mol. The molecule has 3 aliphatic rings. The highest BCUT2D eigenvalue weighted by atomic mass is 16.6. The number of aromatic amines is 1. The second kappa shape index (κ2) is 15.6. The Morgan fingerprint density at radius 1 is 0.879 bits per heavy atom. The van der Waals surface area contributed by atoms with Crippen LogP contribution >= 0.6 is 0 Å². The summed E-state index contributed by atoms with van der Waals surface area (Å²) >= 11 is 0. The smallest absolute Gasteiger partial charge is 0.409 e. The summed E-state index contributed by atoms with van der Waals surface area (Å²) < 4.78 is 13.6. The number of amides is 3. The zero-order chi connectivity index (χ0) is 39.9. The van der Waals surface area contributed by atoms with E-state index in [2.05, 4.69) is 39.1 Å². The maximum absolute atomic E-state index is 15.4. The standard InChI is InChI=1S/C46H47N7O5/c1-30-38(44(54)50(3)35-11-5-4-6-12-35)26-41(49(30)2)39-24-32-15-18-52(46(56)58-42-14-17-48-43-37(42)13-16-47-43)27-34(32)25-40(39)45(55)53-28-33-10-8-7-9-31(33)23-36(53)29-51-19-21-57-22-20-51/h4-14,16-17,24-26,36H,15,18-23,27-29H2,1-3H3,(H,47,48)/t36-/m0/s1. The molecule has 1 N–H and O–H groups in total. The highest BCUT2D eigenvalue weighted by molar-refractivity contribution is 6.08. The first-order valence-electron chi connectivity index (χ1n) is 20.0. The molecule has 6 heterocycles. The van der Waals surface area contributed by atoms with Crippen molar-refractivity contribution in [3.05, 3.63) is 136 Å². The quantitative estimate of drug-likeness (QED) is 0.194. The van der Waals surface area contributed by atoms with E-state index in [1.807, 2.05) is 78.0 Å². The fourth-order valence-electron chi connectivity index (χ4n) is 8.69. The van der Waals surface area contributed by atoms with Crippen LogP contribution in [0.4, 0.5) is 10.5 Å². The summed E-state index contributed by atoms with van der Waals surface area (Å²) in [6.07, 6.45) is 4.24. The van der Waals surface area contributed by atoms with Gasteiger partial charge >= 0.3 is 6.09 Å². The average molecular weight is 778 g/mol. The highest BCUT2D eigenvalue weighted by Crippen LogP contribution is 2.36. The maximum Gasteiger partial charge on any atom is 0.415 e. The molecule has 0 radical (unpaired) electrons. The maximum atomic E-state index is 15.4. The van der Waals surface area contributed by atoms with Crippen LogP contribution in [0.3, 0.4) is 0 Å². The van der Waals surface area contributed by atoms with Crippen LogP contribution in [0, 0.1) is 6.92 Å². The SMILES string of the molecule is Cc1c(C(=O)N(C)c2ccccc2)cc(-c2cc3c(cc2C(=O)N2Cc4ccccc4C[C@H]2CN2CCOCC2)CN(C(=O)Oc2ccnc4[nH]ccc24)CC3)n1C. The largest absolute Gasteiger partial charge is 0.415 e. The molecule has 0 unspecified atom stereocenters. The van der Waals surface area contributed by atoms with Crippen LogP contribution in [-0.2, 0) is 37.7 Å². The Kier molecular flexibility index (Phi) is 10.0. The number of aromatic nitrogens is 3. The van der Waals surface area contributed by atoms with Crippen molar-refractivity contribution in [1.29, 1.82) is 0 Å². The summed E-state index contributed by atoms with van der Waals surface area (Å²) in [6.45, 7) is 6.89. The Morgan fingerprint density at radius 2 is 1.66 bits per heavy atom. The number of hydrogen-bond acceptors (Lipinski definition) is 7. The van der Waals surface area contributed by atoms with Gasteiger partial charge in [0.2, 0.25) is 0 Å². The number of fused-ring (bicyclic) bond motifs is 3. The number of H-pyrrole nitrogens is 1. The van der Waals surface area contributed by atoms with E-state index in [1.165, 1.54) is 5.56 Å². The second-order valence-electron chi connectivity index (χ2n) is 15.5. The molecule has 3 amide bonds. The Balaban J connectivity index is 1.10. The lowest BCUT2D eigenvalue weighted by molar-refractivity contribution is 0.0193. The zero-order valence-corrected chi connectivity index (χ0v) is 33.1. The molecule has 1 saturated heterocycles. The van der Waals surface area contributed by atoms with Crippen molar-refractivity contribution < 1.29 is 23.9 Å². The molecule has 12 heteroatoms. The fraction of sp³-hybridized carbons (Fsp3) is 0.304. The molecule has 3 aliphatic heterocycles. The molecule has 58 heavy (non-hydrogen) atoms. The van der Waals surface area contributed by atoms with Gasteiger partial charge in [-0.05, 0) is 78.4 Å². The van der Waals surface area contributed by atoms with E-state index in [9.17, 15) is 9.59 Å². The summed E-state index contributed by atoms with van der Waals surface area (Å²) in [4.78, 5) is 58.3. The van der Waals surface area contributed by atoms with E-state index in [0.29, 0.717) is 55.2 Å². The number of rotatable bonds is 7. The van der Waals surface area contributed by atoms with Crippen molar-refractivity contribution in [3.63, 3.8) is 0 Å². The molecule has 0 spiro atoms. The third kappa shape index (κ3) is 7.03. The molecular weight excluding hydrogens is 731 g/mol. The predicted octanol–water partition coefficient (Wildman–Crippen LogP) is 6.61. The molecule has 296 valence electrons. The van der Waals surface area contributed by atoms with Crippen molar-refractivity contribution in [3.8, 4) is 17.0 Å². The summed E-state index contributed by atoms with van der Waals surface area (Å²) in [7, 11) is 3.74. The summed E-state index contributed by atoms with van der Waals surface area (Å²) in [5, 5.41) is 0.728. The average Bonchev–Trinajstić information content (AvgIpc) is 3.87. The fourth-order valence-corrected chi connectivity index (χ4v) is 8.69. The molecule has 6 aromatic rings. The van der Waals surface area contributed by atoms with Gasteiger partial charge < -0.3 is 33.7 Å². The number of carbonyl (C=O) groups excluding carboxylic acids is 3. The number of anilines is 1. The lowest BCUT2D eigenvalue weighted by atomic mass is 9.89. The first-order valence-corrected chi connectivity index (χ1v) is 20.0. The Labute approximate surface area is 337 Å². The number of benzene rings is 3. The summed E-state index contributed by atoms with van der Waals surface area (Å²) in [5.41, 5.74) is 9.25. The van der Waals surface area contributed by atoms with Gasteiger partial charge in [-0.3, -0.25) is 14.5 Å². The van der Waals surface area contributed by atoms with Gasteiger partial charge in [-0.25, -0.2) is 9.78 Å². The number of para-hydroxylation sites is 1. The van der Waals surface area contributed by atoms with E-state index < -0.39 is 6.09 Å². The Morgan fingerprint density at radius 3 is 2.47 bits per heavy atom. The molecule has 3 aromatic carbocycles. The zero-order valence-electron chi connectivity index (χ0n) is 33.1. The third-order valence-electron chi connectivity index (χ3n) is 12.1. The number of ether oxygens (including phenoxy) is 2. The van der Waals surface area contributed by atoms with Gasteiger partial charge in [0.15, 0.2) is 0 Å². The topological polar surface area (TPSA) is 116 Å². The summed E-state index contributed by atoms with van der Waals surface area (Å²) in [5.74, 6) is 0.229. The lowest BCUT2D eigenvalue weighted by Gasteiger charge is -2.41. The van der Waals surface area contributed by atoms with Gasteiger partial charge in [-0.1, -0.05) is 42.5 Å².